The van der Waals surface area contributed by atoms with E-state index in [9.17, 15) is 4.79 Å². The molecule has 0 spiro atoms. The molecular weight excluding hydrogens is 196 g/mol. The van der Waals surface area contributed by atoms with Gasteiger partial charge in [0.05, 0.1) is 12.7 Å². The summed E-state index contributed by atoms with van der Waals surface area (Å²) in [6.45, 7) is 3.91. The molecule has 0 aliphatic rings. The number of fused-ring (bicyclic) bond motifs is 1. The van der Waals surface area contributed by atoms with E-state index < -0.39 is 0 Å². The highest BCUT2D eigenvalue weighted by Gasteiger charge is 2.07. The van der Waals surface area contributed by atoms with Gasteiger partial charge in [0.1, 0.15) is 0 Å². The third-order valence-corrected chi connectivity index (χ3v) is 2.98. The van der Waals surface area contributed by atoms with Gasteiger partial charge in [-0.3, -0.25) is 0 Å². The maximum Gasteiger partial charge on any atom is 0.337 e. The summed E-state index contributed by atoms with van der Waals surface area (Å²) < 4.78 is 4.64. The van der Waals surface area contributed by atoms with E-state index in [1.807, 2.05) is 17.5 Å². The number of ether oxygens (including phenoxy) is 1. The average molecular weight is 205 g/mol. The fourth-order valence-corrected chi connectivity index (χ4v) is 2.13. The van der Waals surface area contributed by atoms with Crippen LogP contribution in [0.25, 0.3) is 10.8 Å². The fourth-order valence-electron chi connectivity index (χ4n) is 1.36. The molecule has 1 radical (unpaired) electrons. The Balaban J connectivity index is 2.57. The van der Waals surface area contributed by atoms with E-state index in [-0.39, 0.29) is 5.97 Å². The molecule has 0 saturated heterocycles. The SMILES string of the molecule is [CH2]c1scc2cc(C(=O)OC)ccc12. The smallest absolute Gasteiger partial charge is 0.337 e. The van der Waals surface area contributed by atoms with Gasteiger partial charge in [0.15, 0.2) is 0 Å². The number of hydrogen-bond donors (Lipinski definition) is 0. The molecule has 0 atom stereocenters. The molecule has 0 bridgehead atoms. The first-order chi connectivity index (χ1) is 6.72. The summed E-state index contributed by atoms with van der Waals surface area (Å²) >= 11 is 1.58. The second-order valence-electron chi connectivity index (χ2n) is 2.95. The van der Waals surface area contributed by atoms with Crippen LogP contribution >= 0.6 is 11.3 Å². The number of carbonyl (C=O) groups is 1. The van der Waals surface area contributed by atoms with Crippen molar-refractivity contribution in [2.45, 2.75) is 0 Å². The third-order valence-electron chi connectivity index (χ3n) is 2.10. The molecule has 0 saturated carbocycles. The van der Waals surface area contributed by atoms with Crippen LogP contribution in [0, 0.1) is 6.92 Å². The lowest BCUT2D eigenvalue weighted by molar-refractivity contribution is 0.0601. The zero-order valence-corrected chi connectivity index (χ0v) is 8.56. The number of rotatable bonds is 1. The predicted octanol–water partition coefficient (Wildman–Crippen LogP) is 2.87. The molecule has 0 N–H and O–H groups in total. The zero-order chi connectivity index (χ0) is 10.1. The minimum absolute atomic E-state index is 0.302. The number of carbonyl (C=O) groups excluding carboxylic acids is 1. The molecule has 0 fully saturated rings. The van der Waals surface area contributed by atoms with E-state index in [1.165, 1.54) is 7.11 Å². The van der Waals surface area contributed by atoms with Gasteiger partial charge in [0, 0.05) is 4.88 Å². The maximum atomic E-state index is 11.2. The Morgan fingerprint density at radius 3 is 3.00 bits per heavy atom. The molecule has 0 amide bonds. The summed E-state index contributed by atoms with van der Waals surface area (Å²) in [5, 5.41) is 4.13. The number of hydrogen-bond acceptors (Lipinski definition) is 3. The van der Waals surface area contributed by atoms with Crippen LogP contribution in [-0.4, -0.2) is 13.1 Å². The van der Waals surface area contributed by atoms with Crippen LogP contribution in [0.5, 0.6) is 0 Å². The Morgan fingerprint density at radius 1 is 1.50 bits per heavy atom. The van der Waals surface area contributed by atoms with Crippen LogP contribution in [0.1, 0.15) is 15.2 Å². The van der Waals surface area contributed by atoms with Gasteiger partial charge in [-0.25, -0.2) is 4.79 Å². The van der Waals surface area contributed by atoms with Crippen molar-refractivity contribution in [1.82, 2.24) is 0 Å². The molecule has 1 heterocycles. The first kappa shape index (κ1) is 9.21. The van der Waals surface area contributed by atoms with Crippen LogP contribution in [0.15, 0.2) is 23.6 Å². The molecular formula is C11H9O2S. The fraction of sp³-hybridized carbons (Fsp3) is 0.0909. The van der Waals surface area contributed by atoms with Gasteiger partial charge in [-0.2, -0.15) is 0 Å². The van der Waals surface area contributed by atoms with Crippen molar-refractivity contribution < 1.29 is 9.53 Å². The van der Waals surface area contributed by atoms with Crippen molar-refractivity contribution in [2.75, 3.05) is 7.11 Å². The summed E-state index contributed by atoms with van der Waals surface area (Å²) in [7, 11) is 1.38. The summed E-state index contributed by atoms with van der Waals surface area (Å²) in [6.07, 6.45) is 0. The molecule has 1 aromatic carbocycles. The molecule has 2 rings (SSSR count). The topological polar surface area (TPSA) is 26.3 Å². The van der Waals surface area contributed by atoms with E-state index in [2.05, 4.69) is 11.7 Å². The first-order valence-electron chi connectivity index (χ1n) is 4.14. The largest absolute Gasteiger partial charge is 0.465 e. The third kappa shape index (κ3) is 1.40. The lowest BCUT2D eigenvalue weighted by atomic mass is 10.1. The Bertz CT molecular complexity index is 485. The summed E-state index contributed by atoms with van der Waals surface area (Å²) in [4.78, 5) is 12.3. The van der Waals surface area contributed by atoms with Crippen LogP contribution in [0.2, 0.25) is 0 Å². The molecule has 0 unspecified atom stereocenters. The highest BCUT2D eigenvalue weighted by Crippen LogP contribution is 2.25. The highest BCUT2D eigenvalue weighted by molar-refractivity contribution is 7.11. The Morgan fingerprint density at radius 2 is 2.29 bits per heavy atom. The highest BCUT2D eigenvalue weighted by atomic mass is 32.1. The summed E-state index contributed by atoms with van der Waals surface area (Å²) in [6, 6.07) is 5.49. The molecule has 14 heavy (non-hydrogen) atoms. The molecule has 2 nitrogen and oxygen atoms in total. The van der Waals surface area contributed by atoms with Crippen LogP contribution in [0.4, 0.5) is 0 Å². The van der Waals surface area contributed by atoms with Gasteiger partial charge in [0.25, 0.3) is 0 Å². The second kappa shape index (κ2) is 3.42. The Labute approximate surface area is 86.1 Å². The van der Waals surface area contributed by atoms with Gasteiger partial charge in [0.2, 0.25) is 0 Å². The van der Waals surface area contributed by atoms with Crippen LogP contribution in [-0.2, 0) is 4.74 Å². The van der Waals surface area contributed by atoms with Crippen molar-refractivity contribution in [3.63, 3.8) is 0 Å². The minimum atomic E-state index is -0.302. The van der Waals surface area contributed by atoms with Crippen molar-refractivity contribution in [3.8, 4) is 0 Å². The standard InChI is InChI=1S/C11H9O2S/c1-7-10-4-3-8(11(12)13-2)5-9(10)6-14-7/h3-6H,1H2,2H3. The molecule has 0 aliphatic carbocycles. The maximum absolute atomic E-state index is 11.2. The van der Waals surface area contributed by atoms with Crippen molar-refractivity contribution in [2.24, 2.45) is 0 Å². The van der Waals surface area contributed by atoms with Gasteiger partial charge < -0.3 is 4.74 Å². The molecule has 1 aromatic heterocycles. The second-order valence-corrected chi connectivity index (χ2v) is 3.92. The number of esters is 1. The number of benzene rings is 1. The van der Waals surface area contributed by atoms with Gasteiger partial charge in [-0.15, -0.1) is 11.3 Å². The molecule has 0 aliphatic heterocycles. The molecule has 71 valence electrons. The van der Waals surface area contributed by atoms with Crippen molar-refractivity contribution >= 4 is 28.1 Å². The van der Waals surface area contributed by atoms with Crippen molar-refractivity contribution in [3.05, 3.63) is 40.9 Å². The minimum Gasteiger partial charge on any atom is -0.465 e. The Hall–Kier alpha value is -1.35. The Kier molecular flexibility index (Phi) is 2.25. The number of methoxy groups -OCH3 is 1. The van der Waals surface area contributed by atoms with Crippen molar-refractivity contribution in [1.29, 1.82) is 0 Å². The van der Waals surface area contributed by atoms with Gasteiger partial charge in [-0.05, 0) is 35.2 Å². The van der Waals surface area contributed by atoms with Crippen LogP contribution < -0.4 is 0 Å². The van der Waals surface area contributed by atoms with E-state index in [0.717, 1.165) is 15.6 Å². The first-order valence-corrected chi connectivity index (χ1v) is 5.02. The molecule has 2 aromatic rings. The van der Waals surface area contributed by atoms with Gasteiger partial charge >= 0.3 is 5.97 Å². The predicted molar refractivity (Wildman–Crippen MR) is 57.6 cm³/mol. The quantitative estimate of drug-likeness (QED) is 0.669. The lowest BCUT2D eigenvalue weighted by Gasteiger charge is -1.98. The van der Waals surface area contributed by atoms with E-state index in [4.69, 9.17) is 0 Å². The average Bonchev–Trinajstić information content (AvgIpc) is 2.59. The molecule has 3 heteroatoms. The summed E-state index contributed by atoms with van der Waals surface area (Å²) in [5.41, 5.74) is 0.581. The van der Waals surface area contributed by atoms with Gasteiger partial charge in [-0.1, -0.05) is 6.07 Å². The van der Waals surface area contributed by atoms with E-state index in [1.54, 1.807) is 17.4 Å². The van der Waals surface area contributed by atoms with E-state index in [0.29, 0.717) is 5.56 Å². The van der Waals surface area contributed by atoms with E-state index >= 15 is 0 Å². The van der Waals surface area contributed by atoms with Crippen LogP contribution in [0.3, 0.4) is 0 Å². The monoisotopic (exact) mass is 205 g/mol. The summed E-state index contributed by atoms with van der Waals surface area (Å²) in [5.74, 6) is -0.302. The lowest BCUT2D eigenvalue weighted by Crippen LogP contribution is -2.00. The number of thiophene rings is 1. The normalized spacial score (nSPS) is 10.4. The zero-order valence-electron chi connectivity index (χ0n) is 7.74.